The average molecular weight is 445 g/mol. The van der Waals surface area contributed by atoms with Crippen LogP contribution in [0.2, 0.25) is 0 Å². The number of rotatable bonds is 8. The van der Waals surface area contributed by atoms with Gasteiger partial charge in [0, 0.05) is 39.3 Å². The molecule has 3 rings (SSSR count). The van der Waals surface area contributed by atoms with E-state index in [1.165, 1.54) is 26.2 Å². The maximum atomic E-state index is 12.8. The van der Waals surface area contributed by atoms with Gasteiger partial charge in [0.25, 0.3) is 0 Å². The quantitative estimate of drug-likeness (QED) is 0.578. The monoisotopic (exact) mass is 444 g/mol. The first-order chi connectivity index (χ1) is 14.7. The summed E-state index contributed by atoms with van der Waals surface area (Å²) in [5.74, 6) is -0.290. The van der Waals surface area contributed by atoms with Gasteiger partial charge < -0.3 is 5.32 Å². The second kappa shape index (κ2) is 9.07. The second-order valence-electron chi connectivity index (χ2n) is 7.64. The first-order valence-corrected chi connectivity index (χ1v) is 11.6. The standard InChI is InChI=1S/C22H28N4O4S/c1-5-13-25-19-8-6-7-9-20(19)26(22(25)28)14-12-21(27)23-18-15-17(11-10-16(18)2)31(29,30)24(3)4/h6-11,15H,5,12-14H2,1-4H3,(H,23,27). The van der Waals surface area contributed by atoms with E-state index in [-0.39, 0.29) is 29.5 Å². The molecule has 0 atom stereocenters. The summed E-state index contributed by atoms with van der Waals surface area (Å²) < 4.78 is 29.2. The van der Waals surface area contributed by atoms with Crippen molar-refractivity contribution in [3.8, 4) is 0 Å². The Morgan fingerprint density at radius 2 is 1.65 bits per heavy atom. The summed E-state index contributed by atoms with van der Waals surface area (Å²) in [7, 11) is -0.689. The number of hydrogen-bond acceptors (Lipinski definition) is 4. The normalized spacial score (nSPS) is 11.9. The summed E-state index contributed by atoms with van der Waals surface area (Å²) in [6.07, 6.45) is 0.921. The van der Waals surface area contributed by atoms with Gasteiger partial charge in [0.15, 0.2) is 0 Å². The Bertz CT molecular complexity index is 1270. The number of amides is 1. The third-order valence-corrected chi connectivity index (χ3v) is 7.01. The van der Waals surface area contributed by atoms with Gasteiger partial charge in [-0.15, -0.1) is 0 Å². The van der Waals surface area contributed by atoms with Crippen LogP contribution in [0.4, 0.5) is 5.69 Å². The van der Waals surface area contributed by atoms with Crippen molar-refractivity contribution in [3.63, 3.8) is 0 Å². The molecule has 0 saturated heterocycles. The highest BCUT2D eigenvalue weighted by molar-refractivity contribution is 7.89. The summed E-state index contributed by atoms with van der Waals surface area (Å²) in [4.78, 5) is 25.6. The Morgan fingerprint density at radius 1 is 1.03 bits per heavy atom. The number of sulfonamides is 1. The van der Waals surface area contributed by atoms with Gasteiger partial charge in [0.05, 0.1) is 15.9 Å². The molecule has 0 bridgehead atoms. The molecule has 2 aromatic carbocycles. The van der Waals surface area contributed by atoms with E-state index in [4.69, 9.17) is 0 Å². The van der Waals surface area contributed by atoms with E-state index in [9.17, 15) is 18.0 Å². The van der Waals surface area contributed by atoms with Crippen molar-refractivity contribution in [1.29, 1.82) is 0 Å². The molecule has 166 valence electrons. The highest BCUT2D eigenvalue weighted by atomic mass is 32.2. The lowest BCUT2D eigenvalue weighted by atomic mass is 10.2. The number of benzene rings is 2. The summed E-state index contributed by atoms with van der Waals surface area (Å²) >= 11 is 0. The third kappa shape index (κ3) is 4.57. The molecular formula is C22H28N4O4S. The highest BCUT2D eigenvalue weighted by Gasteiger charge is 2.19. The number of aromatic nitrogens is 2. The molecule has 31 heavy (non-hydrogen) atoms. The van der Waals surface area contributed by atoms with Crippen LogP contribution in [0, 0.1) is 6.92 Å². The van der Waals surface area contributed by atoms with Crippen LogP contribution < -0.4 is 11.0 Å². The van der Waals surface area contributed by atoms with Crippen LogP contribution in [0.1, 0.15) is 25.3 Å². The molecule has 0 spiro atoms. The van der Waals surface area contributed by atoms with E-state index in [1.54, 1.807) is 22.1 Å². The molecule has 1 heterocycles. The van der Waals surface area contributed by atoms with Gasteiger partial charge >= 0.3 is 5.69 Å². The zero-order chi connectivity index (χ0) is 22.8. The van der Waals surface area contributed by atoms with Gasteiger partial charge in [-0.3, -0.25) is 13.9 Å². The number of carbonyl (C=O) groups is 1. The fraction of sp³-hybridized carbons (Fsp3) is 0.364. The van der Waals surface area contributed by atoms with Gasteiger partial charge in [-0.2, -0.15) is 0 Å². The van der Waals surface area contributed by atoms with Crippen molar-refractivity contribution in [2.45, 2.75) is 44.7 Å². The maximum Gasteiger partial charge on any atom is 0.329 e. The number of nitrogens with one attached hydrogen (secondary N) is 1. The van der Waals surface area contributed by atoms with Crippen LogP contribution in [0.15, 0.2) is 52.2 Å². The molecule has 0 saturated carbocycles. The van der Waals surface area contributed by atoms with Gasteiger partial charge in [-0.25, -0.2) is 17.5 Å². The van der Waals surface area contributed by atoms with Crippen molar-refractivity contribution in [2.75, 3.05) is 19.4 Å². The van der Waals surface area contributed by atoms with Gasteiger partial charge in [0.2, 0.25) is 15.9 Å². The lowest BCUT2D eigenvalue weighted by molar-refractivity contribution is -0.116. The predicted octanol–water partition coefficient (Wildman–Crippen LogP) is 2.80. The fourth-order valence-electron chi connectivity index (χ4n) is 3.46. The van der Waals surface area contributed by atoms with Gasteiger partial charge in [0.1, 0.15) is 0 Å². The maximum absolute atomic E-state index is 12.8. The predicted molar refractivity (Wildman–Crippen MR) is 122 cm³/mol. The molecule has 3 aromatic rings. The molecule has 1 N–H and O–H groups in total. The Hall–Kier alpha value is -2.91. The van der Waals surface area contributed by atoms with Crippen LogP contribution in [0.3, 0.4) is 0 Å². The minimum atomic E-state index is -3.61. The van der Waals surface area contributed by atoms with E-state index in [0.717, 1.165) is 27.3 Å². The summed E-state index contributed by atoms with van der Waals surface area (Å²) in [5.41, 5.74) is 2.71. The van der Waals surface area contributed by atoms with Crippen LogP contribution in [-0.4, -0.2) is 41.9 Å². The molecular weight excluding hydrogens is 416 g/mol. The van der Waals surface area contributed by atoms with Crippen LogP contribution >= 0.6 is 0 Å². The molecule has 9 heteroatoms. The van der Waals surface area contributed by atoms with Crippen molar-refractivity contribution >= 4 is 32.7 Å². The molecule has 0 unspecified atom stereocenters. The highest BCUT2D eigenvalue weighted by Crippen LogP contribution is 2.22. The van der Waals surface area contributed by atoms with Crippen molar-refractivity contribution < 1.29 is 13.2 Å². The molecule has 1 amide bonds. The molecule has 1 aromatic heterocycles. The lowest BCUT2D eigenvalue weighted by Crippen LogP contribution is -2.26. The minimum absolute atomic E-state index is 0.0874. The average Bonchev–Trinajstić information content (AvgIpc) is 2.99. The second-order valence-corrected chi connectivity index (χ2v) is 9.79. The lowest BCUT2D eigenvalue weighted by Gasteiger charge is -2.14. The van der Waals surface area contributed by atoms with E-state index >= 15 is 0 Å². The zero-order valence-electron chi connectivity index (χ0n) is 18.3. The van der Waals surface area contributed by atoms with Crippen molar-refractivity contribution in [1.82, 2.24) is 13.4 Å². The van der Waals surface area contributed by atoms with Gasteiger partial charge in [-0.05, 0) is 43.2 Å². The number of aryl methyl sites for hydroxylation is 3. The van der Waals surface area contributed by atoms with Crippen molar-refractivity contribution in [2.24, 2.45) is 0 Å². The van der Waals surface area contributed by atoms with Crippen molar-refractivity contribution in [3.05, 3.63) is 58.5 Å². The zero-order valence-corrected chi connectivity index (χ0v) is 19.1. The Morgan fingerprint density at radius 3 is 2.23 bits per heavy atom. The number of hydrogen-bond donors (Lipinski definition) is 1. The van der Waals surface area contributed by atoms with E-state index < -0.39 is 10.0 Å². The molecule has 0 aliphatic heterocycles. The Labute approximate surface area is 182 Å². The van der Waals surface area contributed by atoms with Crippen LogP contribution in [-0.2, 0) is 27.9 Å². The number of imidazole rings is 1. The van der Waals surface area contributed by atoms with Crippen LogP contribution in [0.5, 0.6) is 0 Å². The Kier molecular flexibility index (Phi) is 6.66. The first kappa shape index (κ1) is 22.8. The van der Waals surface area contributed by atoms with Crippen LogP contribution in [0.25, 0.3) is 11.0 Å². The van der Waals surface area contributed by atoms with E-state index in [1.807, 2.05) is 31.2 Å². The minimum Gasteiger partial charge on any atom is -0.326 e. The molecule has 8 nitrogen and oxygen atoms in total. The summed E-state index contributed by atoms with van der Waals surface area (Å²) in [6, 6.07) is 12.2. The summed E-state index contributed by atoms with van der Waals surface area (Å²) in [5, 5.41) is 2.79. The molecule has 0 fully saturated rings. The summed E-state index contributed by atoms with van der Waals surface area (Å²) in [6.45, 7) is 4.66. The third-order valence-electron chi connectivity index (χ3n) is 5.20. The van der Waals surface area contributed by atoms with E-state index in [2.05, 4.69) is 5.32 Å². The molecule has 0 radical (unpaired) electrons. The molecule has 0 aliphatic rings. The number of nitrogens with zero attached hydrogens (tertiary/aromatic N) is 3. The number of para-hydroxylation sites is 2. The molecule has 0 aliphatic carbocycles. The number of anilines is 1. The number of fused-ring (bicyclic) bond motifs is 1. The number of carbonyl (C=O) groups excluding carboxylic acids is 1. The fourth-order valence-corrected chi connectivity index (χ4v) is 4.39. The Balaban J connectivity index is 1.81. The topological polar surface area (TPSA) is 93.4 Å². The SMILES string of the molecule is CCCn1c(=O)n(CCC(=O)Nc2cc(S(=O)(=O)N(C)C)ccc2C)c2ccccc21. The smallest absolute Gasteiger partial charge is 0.326 e. The van der Waals surface area contributed by atoms with E-state index in [0.29, 0.717) is 12.2 Å². The first-order valence-electron chi connectivity index (χ1n) is 10.2. The van der Waals surface area contributed by atoms with Gasteiger partial charge in [-0.1, -0.05) is 25.1 Å². The largest absolute Gasteiger partial charge is 0.329 e.